The van der Waals surface area contributed by atoms with Crippen molar-refractivity contribution in [1.82, 2.24) is 15.0 Å². The molecule has 1 heterocycles. The summed E-state index contributed by atoms with van der Waals surface area (Å²) < 4.78 is 0. The molecular weight excluding hydrogens is 230 g/mol. The Labute approximate surface area is 99.3 Å². The van der Waals surface area contributed by atoms with Crippen molar-refractivity contribution < 1.29 is 5.11 Å². The Morgan fingerprint density at radius 2 is 2.19 bits per heavy atom. The monoisotopic (exact) mass is 245 g/mol. The summed E-state index contributed by atoms with van der Waals surface area (Å²) in [5.74, 6) is 0.800. The summed E-state index contributed by atoms with van der Waals surface area (Å²) in [6, 6.07) is 0. The van der Waals surface area contributed by atoms with Crippen molar-refractivity contribution in [2.24, 2.45) is 5.92 Å². The van der Waals surface area contributed by atoms with E-state index in [4.69, 9.17) is 22.4 Å². The van der Waals surface area contributed by atoms with Crippen molar-refractivity contribution in [2.45, 2.75) is 19.8 Å². The molecule has 0 saturated carbocycles. The molecule has 1 aromatic heterocycles. The SMILES string of the molecule is CC(CO)CCCNc1nc(N)nc(Cl)n1. The van der Waals surface area contributed by atoms with Gasteiger partial charge in [0.2, 0.25) is 17.2 Å². The molecule has 0 saturated heterocycles. The minimum absolute atomic E-state index is 0.0822. The van der Waals surface area contributed by atoms with Crippen molar-refractivity contribution in [3.05, 3.63) is 5.28 Å². The van der Waals surface area contributed by atoms with Crippen LogP contribution in [-0.4, -0.2) is 33.2 Å². The molecule has 6 nitrogen and oxygen atoms in total. The first kappa shape index (κ1) is 12.9. The first-order chi connectivity index (χ1) is 7.61. The van der Waals surface area contributed by atoms with Crippen LogP contribution in [0.15, 0.2) is 0 Å². The molecule has 90 valence electrons. The highest BCUT2D eigenvalue weighted by atomic mass is 35.5. The zero-order valence-corrected chi connectivity index (χ0v) is 9.91. The van der Waals surface area contributed by atoms with Crippen LogP contribution in [0.3, 0.4) is 0 Å². The third-order valence-electron chi connectivity index (χ3n) is 2.09. The third kappa shape index (κ3) is 4.59. The van der Waals surface area contributed by atoms with Gasteiger partial charge in [0, 0.05) is 13.2 Å². The Balaban J connectivity index is 2.32. The molecule has 0 aliphatic carbocycles. The number of nitrogens with two attached hydrogens (primary N) is 1. The van der Waals surface area contributed by atoms with Gasteiger partial charge in [-0.3, -0.25) is 0 Å². The van der Waals surface area contributed by atoms with Gasteiger partial charge in [-0.2, -0.15) is 15.0 Å². The topological polar surface area (TPSA) is 97.0 Å². The van der Waals surface area contributed by atoms with Gasteiger partial charge >= 0.3 is 0 Å². The second-order valence-corrected chi connectivity index (χ2v) is 3.98. The normalized spacial score (nSPS) is 12.4. The molecule has 0 amide bonds. The summed E-state index contributed by atoms with van der Waals surface area (Å²) in [5, 5.41) is 11.9. The maximum atomic E-state index is 8.84. The van der Waals surface area contributed by atoms with E-state index in [0.29, 0.717) is 18.4 Å². The second kappa shape index (κ2) is 6.44. The fourth-order valence-electron chi connectivity index (χ4n) is 1.19. The lowest BCUT2D eigenvalue weighted by molar-refractivity contribution is 0.229. The molecule has 1 atom stereocenters. The zero-order valence-electron chi connectivity index (χ0n) is 9.15. The summed E-state index contributed by atoms with van der Waals surface area (Å²) in [7, 11) is 0. The van der Waals surface area contributed by atoms with Crippen LogP contribution in [0.5, 0.6) is 0 Å². The van der Waals surface area contributed by atoms with E-state index in [0.717, 1.165) is 12.8 Å². The van der Waals surface area contributed by atoms with Crippen LogP contribution in [0.2, 0.25) is 5.28 Å². The van der Waals surface area contributed by atoms with Crippen molar-refractivity contribution in [2.75, 3.05) is 24.2 Å². The van der Waals surface area contributed by atoms with E-state index in [2.05, 4.69) is 20.3 Å². The zero-order chi connectivity index (χ0) is 12.0. The number of rotatable bonds is 6. The Bertz CT molecular complexity index is 315. The maximum absolute atomic E-state index is 8.84. The molecule has 4 N–H and O–H groups in total. The average molecular weight is 246 g/mol. The van der Waals surface area contributed by atoms with Gasteiger partial charge in [0.1, 0.15) is 0 Å². The summed E-state index contributed by atoms with van der Waals surface area (Å²) in [6.07, 6.45) is 1.86. The molecule has 7 heteroatoms. The molecule has 1 unspecified atom stereocenters. The molecule has 0 radical (unpaired) electrons. The fraction of sp³-hybridized carbons (Fsp3) is 0.667. The van der Waals surface area contributed by atoms with Gasteiger partial charge in [-0.25, -0.2) is 0 Å². The van der Waals surface area contributed by atoms with E-state index < -0.39 is 0 Å². The number of aliphatic hydroxyl groups excluding tert-OH is 1. The van der Waals surface area contributed by atoms with Gasteiger partial charge in [-0.1, -0.05) is 6.92 Å². The first-order valence-electron chi connectivity index (χ1n) is 5.13. The van der Waals surface area contributed by atoms with Crippen LogP contribution >= 0.6 is 11.6 Å². The Morgan fingerprint density at radius 3 is 2.81 bits per heavy atom. The largest absolute Gasteiger partial charge is 0.396 e. The average Bonchev–Trinajstić information content (AvgIpc) is 2.22. The molecule has 0 aliphatic rings. The Kier molecular flexibility index (Phi) is 5.21. The van der Waals surface area contributed by atoms with E-state index in [1.807, 2.05) is 6.92 Å². The van der Waals surface area contributed by atoms with E-state index in [1.165, 1.54) is 0 Å². The number of halogens is 1. The van der Waals surface area contributed by atoms with Crippen LogP contribution in [0, 0.1) is 5.92 Å². The van der Waals surface area contributed by atoms with Crippen molar-refractivity contribution >= 4 is 23.5 Å². The highest BCUT2D eigenvalue weighted by Crippen LogP contribution is 2.08. The van der Waals surface area contributed by atoms with Crippen LogP contribution in [0.1, 0.15) is 19.8 Å². The van der Waals surface area contributed by atoms with Crippen LogP contribution < -0.4 is 11.1 Å². The van der Waals surface area contributed by atoms with Gasteiger partial charge < -0.3 is 16.2 Å². The van der Waals surface area contributed by atoms with Crippen LogP contribution in [-0.2, 0) is 0 Å². The highest BCUT2D eigenvalue weighted by molar-refractivity contribution is 6.28. The quantitative estimate of drug-likeness (QED) is 0.645. The van der Waals surface area contributed by atoms with E-state index in [1.54, 1.807) is 0 Å². The number of nitrogen functional groups attached to an aromatic ring is 1. The number of hydrogen-bond acceptors (Lipinski definition) is 6. The predicted molar refractivity (Wildman–Crippen MR) is 63.2 cm³/mol. The smallest absolute Gasteiger partial charge is 0.228 e. The van der Waals surface area contributed by atoms with Crippen LogP contribution in [0.25, 0.3) is 0 Å². The molecule has 0 fully saturated rings. The van der Waals surface area contributed by atoms with Gasteiger partial charge in [0.15, 0.2) is 0 Å². The number of nitrogens with one attached hydrogen (secondary N) is 1. The minimum Gasteiger partial charge on any atom is -0.396 e. The standard InChI is InChI=1S/C9H16ClN5O/c1-6(5-16)3-2-4-12-9-14-7(10)13-8(11)15-9/h6,16H,2-5H2,1H3,(H3,11,12,13,14,15). The van der Waals surface area contributed by atoms with Crippen molar-refractivity contribution in [3.8, 4) is 0 Å². The summed E-state index contributed by atoms with van der Waals surface area (Å²) >= 11 is 5.62. The number of anilines is 2. The van der Waals surface area contributed by atoms with E-state index >= 15 is 0 Å². The molecule has 16 heavy (non-hydrogen) atoms. The number of hydrogen-bond donors (Lipinski definition) is 3. The number of aliphatic hydroxyl groups is 1. The molecule has 1 rings (SSSR count). The predicted octanol–water partition coefficient (Wildman–Crippen LogP) is 0.928. The van der Waals surface area contributed by atoms with E-state index in [-0.39, 0.29) is 17.8 Å². The first-order valence-corrected chi connectivity index (χ1v) is 5.51. The third-order valence-corrected chi connectivity index (χ3v) is 2.26. The Hall–Kier alpha value is -1.14. The maximum Gasteiger partial charge on any atom is 0.228 e. The van der Waals surface area contributed by atoms with Crippen molar-refractivity contribution in [3.63, 3.8) is 0 Å². The number of aromatic nitrogens is 3. The second-order valence-electron chi connectivity index (χ2n) is 3.64. The van der Waals surface area contributed by atoms with Gasteiger partial charge in [-0.05, 0) is 30.4 Å². The minimum atomic E-state index is 0.0822. The van der Waals surface area contributed by atoms with E-state index in [9.17, 15) is 0 Å². The van der Waals surface area contributed by atoms with Gasteiger partial charge in [-0.15, -0.1) is 0 Å². The Morgan fingerprint density at radius 1 is 1.44 bits per heavy atom. The molecule has 0 bridgehead atoms. The summed E-state index contributed by atoms with van der Waals surface area (Å²) in [6.45, 7) is 2.92. The van der Waals surface area contributed by atoms with Gasteiger partial charge in [0.05, 0.1) is 0 Å². The summed E-state index contributed by atoms with van der Waals surface area (Å²) in [5.41, 5.74) is 5.41. The molecule has 1 aromatic rings. The van der Waals surface area contributed by atoms with Crippen molar-refractivity contribution in [1.29, 1.82) is 0 Å². The van der Waals surface area contributed by atoms with Gasteiger partial charge in [0.25, 0.3) is 0 Å². The molecule has 0 aliphatic heterocycles. The molecular formula is C9H16ClN5O. The highest BCUT2D eigenvalue weighted by Gasteiger charge is 2.02. The lowest BCUT2D eigenvalue weighted by Crippen LogP contribution is -2.10. The molecule has 0 aromatic carbocycles. The lowest BCUT2D eigenvalue weighted by Gasteiger charge is -2.08. The van der Waals surface area contributed by atoms with Crippen LogP contribution in [0.4, 0.5) is 11.9 Å². The molecule has 0 spiro atoms. The lowest BCUT2D eigenvalue weighted by atomic mass is 10.1. The summed E-state index contributed by atoms with van der Waals surface area (Å²) in [4.78, 5) is 11.4. The fourth-order valence-corrected chi connectivity index (χ4v) is 1.35. The number of nitrogens with zero attached hydrogens (tertiary/aromatic N) is 3.